The lowest BCUT2D eigenvalue weighted by atomic mass is 9.97. The van der Waals surface area contributed by atoms with Crippen LogP contribution in [0, 0.1) is 5.92 Å². The van der Waals surface area contributed by atoms with E-state index in [2.05, 4.69) is 12.0 Å². The Kier molecular flexibility index (Phi) is 5.71. The van der Waals surface area contributed by atoms with Crippen LogP contribution in [0.4, 0.5) is 0 Å². The molecule has 138 valence electrons. The van der Waals surface area contributed by atoms with E-state index in [9.17, 15) is 14.7 Å². The number of piperidine rings is 1. The number of amides is 1. The van der Waals surface area contributed by atoms with Crippen molar-refractivity contribution in [1.29, 1.82) is 0 Å². The summed E-state index contributed by atoms with van der Waals surface area (Å²) in [6.07, 6.45) is 4.68. The van der Waals surface area contributed by atoms with Crippen LogP contribution in [0.5, 0.6) is 0 Å². The molecule has 1 aromatic heterocycles. The van der Waals surface area contributed by atoms with Gasteiger partial charge in [-0.2, -0.15) is 5.10 Å². The van der Waals surface area contributed by atoms with Gasteiger partial charge in [0.05, 0.1) is 29.9 Å². The van der Waals surface area contributed by atoms with Gasteiger partial charge in [-0.15, -0.1) is 0 Å². The normalized spacial score (nSPS) is 17.3. The van der Waals surface area contributed by atoms with E-state index in [1.54, 1.807) is 11.1 Å². The van der Waals surface area contributed by atoms with E-state index in [0.29, 0.717) is 25.1 Å². The molecule has 1 fully saturated rings. The van der Waals surface area contributed by atoms with Gasteiger partial charge < -0.3 is 10.0 Å². The van der Waals surface area contributed by atoms with E-state index in [0.717, 1.165) is 30.5 Å². The molecule has 0 spiro atoms. The number of carbonyl (C=O) groups excluding carboxylic acids is 1. The minimum atomic E-state index is -0.823. The summed E-state index contributed by atoms with van der Waals surface area (Å²) in [6.45, 7) is 3.60. The van der Waals surface area contributed by atoms with Gasteiger partial charge in [0, 0.05) is 13.1 Å². The molecule has 1 amide bonds. The molecule has 0 saturated carbocycles. The van der Waals surface area contributed by atoms with Crippen molar-refractivity contribution >= 4 is 11.9 Å². The molecule has 1 aromatic carbocycles. The topological polar surface area (TPSA) is 75.4 Å². The molecule has 0 bridgehead atoms. The molecule has 2 aromatic rings. The third kappa shape index (κ3) is 3.95. The van der Waals surface area contributed by atoms with Crippen LogP contribution in [0.15, 0.2) is 36.5 Å². The SMILES string of the molecule is CCCc1c(C(=O)N2CCCC(C(=O)O)C2)cnn1Cc1ccccc1. The van der Waals surface area contributed by atoms with Gasteiger partial charge in [0.25, 0.3) is 5.91 Å². The van der Waals surface area contributed by atoms with Crippen LogP contribution in [0.1, 0.15) is 47.8 Å². The van der Waals surface area contributed by atoms with Gasteiger partial charge in [-0.1, -0.05) is 43.7 Å². The average Bonchev–Trinajstić information content (AvgIpc) is 3.05. The Bertz CT molecular complexity index is 770. The van der Waals surface area contributed by atoms with Gasteiger partial charge >= 0.3 is 5.97 Å². The van der Waals surface area contributed by atoms with Crippen molar-refractivity contribution in [2.75, 3.05) is 13.1 Å². The highest BCUT2D eigenvalue weighted by atomic mass is 16.4. The molecule has 1 aliphatic rings. The highest BCUT2D eigenvalue weighted by molar-refractivity contribution is 5.95. The summed E-state index contributed by atoms with van der Waals surface area (Å²) in [4.78, 5) is 26.0. The molecule has 1 aliphatic heterocycles. The van der Waals surface area contributed by atoms with Crippen molar-refractivity contribution in [2.24, 2.45) is 5.92 Å². The van der Waals surface area contributed by atoms with Crippen molar-refractivity contribution < 1.29 is 14.7 Å². The summed E-state index contributed by atoms with van der Waals surface area (Å²) in [5, 5.41) is 13.7. The van der Waals surface area contributed by atoms with Gasteiger partial charge in [-0.25, -0.2) is 0 Å². The smallest absolute Gasteiger partial charge is 0.308 e. The first kappa shape index (κ1) is 18.2. The number of aliphatic carboxylic acids is 1. The minimum absolute atomic E-state index is 0.0984. The molecule has 2 heterocycles. The van der Waals surface area contributed by atoms with E-state index < -0.39 is 11.9 Å². The Morgan fingerprint density at radius 2 is 2.04 bits per heavy atom. The van der Waals surface area contributed by atoms with Crippen LogP contribution in [0.25, 0.3) is 0 Å². The lowest BCUT2D eigenvalue weighted by Gasteiger charge is -2.30. The van der Waals surface area contributed by atoms with Crippen LogP contribution < -0.4 is 0 Å². The number of hydrogen-bond acceptors (Lipinski definition) is 3. The molecule has 0 radical (unpaired) electrons. The number of likely N-dealkylation sites (tertiary alicyclic amines) is 1. The minimum Gasteiger partial charge on any atom is -0.481 e. The maximum absolute atomic E-state index is 13.0. The third-order valence-electron chi connectivity index (χ3n) is 4.90. The molecule has 0 aliphatic carbocycles. The standard InChI is InChI=1S/C20H25N3O3/c1-2-7-18-17(12-21-23(18)13-15-8-4-3-5-9-15)19(24)22-11-6-10-16(14-22)20(25)26/h3-5,8-9,12,16H,2,6-7,10-11,13-14H2,1H3,(H,25,26). The van der Waals surface area contributed by atoms with E-state index in [-0.39, 0.29) is 12.5 Å². The Morgan fingerprint density at radius 1 is 1.27 bits per heavy atom. The van der Waals surface area contributed by atoms with Gasteiger partial charge in [-0.05, 0) is 24.8 Å². The number of carboxylic acid groups (broad SMARTS) is 1. The molecule has 6 nitrogen and oxygen atoms in total. The van der Waals surface area contributed by atoms with E-state index >= 15 is 0 Å². The number of rotatable bonds is 6. The lowest BCUT2D eigenvalue weighted by molar-refractivity contribution is -0.143. The van der Waals surface area contributed by atoms with Gasteiger partial charge in [0.2, 0.25) is 0 Å². The summed E-state index contributed by atoms with van der Waals surface area (Å²) in [7, 11) is 0. The van der Waals surface area contributed by atoms with Crippen LogP contribution in [-0.2, 0) is 17.8 Å². The van der Waals surface area contributed by atoms with Crippen LogP contribution in [0.2, 0.25) is 0 Å². The first-order valence-electron chi connectivity index (χ1n) is 9.20. The van der Waals surface area contributed by atoms with E-state index in [1.807, 2.05) is 35.0 Å². The Morgan fingerprint density at radius 3 is 2.73 bits per heavy atom. The first-order chi connectivity index (χ1) is 12.6. The predicted octanol–water partition coefficient (Wildman–Crippen LogP) is 2.82. The molecular weight excluding hydrogens is 330 g/mol. The fraction of sp³-hybridized carbons (Fsp3) is 0.450. The monoisotopic (exact) mass is 355 g/mol. The molecule has 1 N–H and O–H groups in total. The number of aromatic nitrogens is 2. The zero-order valence-electron chi connectivity index (χ0n) is 15.1. The highest BCUT2D eigenvalue weighted by Gasteiger charge is 2.30. The summed E-state index contributed by atoms with van der Waals surface area (Å²) in [5.41, 5.74) is 2.67. The zero-order chi connectivity index (χ0) is 18.5. The first-order valence-corrected chi connectivity index (χ1v) is 9.20. The summed E-state index contributed by atoms with van der Waals surface area (Å²) >= 11 is 0. The van der Waals surface area contributed by atoms with Crippen molar-refractivity contribution in [1.82, 2.24) is 14.7 Å². The highest BCUT2D eigenvalue weighted by Crippen LogP contribution is 2.21. The third-order valence-corrected chi connectivity index (χ3v) is 4.90. The lowest BCUT2D eigenvalue weighted by Crippen LogP contribution is -2.42. The average molecular weight is 355 g/mol. The number of nitrogens with zero attached hydrogens (tertiary/aromatic N) is 3. The Labute approximate surface area is 153 Å². The van der Waals surface area contributed by atoms with Crippen LogP contribution in [0.3, 0.4) is 0 Å². The summed E-state index contributed by atoms with van der Waals surface area (Å²) in [5.74, 6) is -1.39. The van der Waals surface area contributed by atoms with E-state index in [1.165, 1.54) is 0 Å². The van der Waals surface area contributed by atoms with Crippen LogP contribution >= 0.6 is 0 Å². The zero-order valence-corrected chi connectivity index (χ0v) is 15.1. The van der Waals surface area contributed by atoms with Crippen LogP contribution in [-0.4, -0.2) is 44.8 Å². The molecule has 1 unspecified atom stereocenters. The van der Waals surface area contributed by atoms with Gasteiger partial charge in [-0.3, -0.25) is 14.3 Å². The second-order valence-corrected chi connectivity index (χ2v) is 6.83. The summed E-state index contributed by atoms with van der Waals surface area (Å²) in [6, 6.07) is 10.0. The van der Waals surface area contributed by atoms with Gasteiger partial charge in [0.15, 0.2) is 0 Å². The predicted molar refractivity (Wildman–Crippen MR) is 98.0 cm³/mol. The fourth-order valence-corrected chi connectivity index (χ4v) is 3.52. The molecular formula is C20H25N3O3. The molecule has 6 heteroatoms. The Hall–Kier alpha value is -2.63. The number of carbonyl (C=O) groups is 2. The number of hydrogen-bond donors (Lipinski definition) is 1. The second-order valence-electron chi connectivity index (χ2n) is 6.83. The largest absolute Gasteiger partial charge is 0.481 e. The second kappa shape index (κ2) is 8.17. The maximum Gasteiger partial charge on any atom is 0.308 e. The quantitative estimate of drug-likeness (QED) is 0.864. The number of carboxylic acids is 1. The van der Waals surface area contributed by atoms with Crippen molar-refractivity contribution in [3.63, 3.8) is 0 Å². The van der Waals surface area contributed by atoms with Crippen molar-refractivity contribution in [3.05, 3.63) is 53.3 Å². The molecule has 1 atom stereocenters. The van der Waals surface area contributed by atoms with Crippen molar-refractivity contribution in [3.8, 4) is 0 Å². The van der Waals surface area contributed by atoms with Crippen molar-refractivity contribution in [2.45, 2.75) is 39.2 Å². The van der Waals surface area contributed by atoms with E-state index in [4.69, 9.17) is 0 Å². The maximum atomic E-state index is 13.0. The molecule has 1 saturated heterocycles. The van der Waals surface area contributed by atoms with Gasteiger partial charge in [0.1, 0.15) is 0 Å². The molecule has 3 rings (SSSR count). The summed E-state index contributed by atoms with van der Waals surface area (Å²) < 4.78 is 1.89. The number of benzene rings is 1. The molecule has 26 heavy (non-hydrogen) atoms. The fourth-order valence-electron chi connectivity index (χ4n) is 3.52. The Balaban J connectivity index is 1.82.